The van der Waals surface area contributed by atoms with Gasteiger partial charge in [0.05, 0.1) is 0 Å². The molecule has 0 aliphatic rings. The number of nitrogens with one attached hydrogen (secondary N) is 2. The predicted octanol–water partition coefficient (Wildman–Crippen LogP) is 3.88. The van der Waals surface area contributed by atoms with Crippen LogP contribution in [0.5, 0.6) is 0 Å². The number of hydrogen-bond donors (Lipinski definition) is 2. The fraction of sp³-hybridized carbons (Fsp3) is 0.188. The summed E-state index contributed by atoms with van der Waals surface area (Å²) in [5.41, 5.74) is 3.43. The molecule has 0 radical (unpaired) electrons. The summed E-state index contributed by atoms with van der Waals surface area (Å²) in [7, 11) is 0. The molecule has 0 unspecified atom stereocenters. The van der Waals surface area contributed by atoms with Gasteiger partial charge in [0.25, 0.3) is 0 Å². The van der Waals surface area contributed by atoms with Crippen LogP contribution < -0.4 is 10.6 Å². The lowest BCUT2D eigenvalue weighted by Crippen LogP contribution is -2.00. The lowest BCUT2D eigenvalue weighted by molar-refractivity contribution is 0.400. The first kappa shape index (κ1) is 14.1. The highest BCUT2D eigenvalue weighted by molar-refractivity contribution is 5.58. The molecule has 0 amide bonds. The Morgan fingerprint density at radius 1 is 0.909 bits per heavy atom. The van der Waals surface area contributed by atoms with Crippen LogP contribution in [-0.4, -0.2) is 15.1 Å². The van der Waals surface area contributed by atoms with Crippen molar-refractivity contribution in [2.45, 2.75) is 20.8 Å². The topological polar surface area (TPSA) is 75.9 Å². The van der Waals surface area contributed by atoms with Crippen LogP contribution in [0, 0.1) is 20.8 Å². The van der Waals surface area contributed by atoms with Crippen molar-refractivity contribution in [3.63, 3.8) is 0 Å². The zero-order chi connectivity index (χ0) is 15.5. The van der Waals surface area contributed by atoms with Gasteiger partial charge in [0.1, 0.15) is 11.6 Å². The van der Waals surface area contributed by atoms with Crippen LogP contribution in [0.2, 0.25) is 0 Å². The largest absolute Gasteiger partial charge is 0.360 e. The van der Waals surface area contributed by atoms with Gasteiger partial charge >= 0.3 is 0 Å². The first-order valence-electron chi connectivity index (χ1n) is 6.98. The average Bonchev–Trinajstić information content (AvgIpc) is 2.89. The molecule has 0 saturated heterocycles. The summed E-state index contributed by atoms with van der Waals surface area (Å²) in [6.45, 7) is 6.00. The fourth-order valence-electron chi connectivity index (χ4n) is 1.99. The molecule has 0 aliphatic heterocycles. The first-order valence-corrected chi connectivity index (χ1v) is 6.98. The Kier molecular flexibility index (Phi) is 3.74. The van der Waals surface area contributed by atoms with E-state index < -0.39 is 0 Å². The molecule has 1 aromatic carbocycles. The fourth-order valence-corrected chi connectivity index (χ4v) is 1.99. The average molecular weight is 295 g/mol. The van der Waals surface area contributed by atoms with Crippen molar-refractivity contribution in [1.29, 1.82) is 0 Å². The van der Waals surface area contributed by atoms with Crippen molar-refractivity contribution in [3.05, 3.63) is 53.4 Å². The third-order valence-corrected chi connectivity index (χ3v) is 3.30. The summed E-state index contributed by atoms with van der Waals surface area (Å²) in [4.78, 5) is 8.64. The van der Waals surface area contributed by atoms with Crippen LogP contribution in [0.1, 0.15) is 16.9 Å². The second kappa shape index (κ2) is 5.85. The number of benzene rings is 1. The van der Waals surface area contributed by atoms with E-state index in [1.54, 1.807) is 18.3 Å². The number of aromatic nitrogens is 3. The van der Waals surface area contributed by atoms with Gasteiger partial charge in [-0.1, -0.05) is 11.2 Å². The van der Waals surface area contributed by atoms with E-state index in [1.807, 2.05) is 13.0 Å². The van der Waals surface area contributed by atoms with E-state index in [-0.39, 0.29) is 0 Å². The summed E-state index contributed by atoms with van der Waals surface area (Å²) < 4.78 is 5.02. The van der Waals surface area contributed by atoms with Crippen LogP contribution in [0.25, 0.3) is 0 Å². The summed E-state index contributed by atoms with van der Waals surface area (Å²) >= 11 is 0. The van der Waals surface area contributed by atoms with Crippen molar-refractivity contribution in [3.8, 4) is 0 Å². The molecule has 0 saturated carbocycles. The van der Waals surface area contributed by atoms with Crippen LogP contribution in [-0.2, 0) is 0 Å². The molecule has 2 aromatic heterocycles. The highest BCUT2D eigenvalue weighted by Gasteiger charge is 2.04. The molecule has 0 fully saturated rings. The lowest BCUT2D eigenvalue weighted by Gasteiger charge is -2.08. The standard InChI is InChI=1S/C16H17N5O/c1-10-4-5-13(8-11(10)2)18-16-17-7-6-14(20-16)19-15-9-12(3)22-21-15/h4-9H,1-3H3,(H2,17,18,19,20,21). The molecule has 3 aromatic rings. The van der Waals surface area contributed by atoms with Crippen LogP contribution in [0.15, 0.2) is 41.1 Å². The Hall–Kier alpha value is -2.89. The summed E-state index contributed by atoms with van der Waals surface area (Å²) in [6, 6.07) is 9.72. The molecule has 0 atom stereocenters. The van der Waals surface area contributed by atoms with E-state index in [2.05, 4.69) is 51.7 Å². The minimum atomic E-state index is 0.522. The zero-order valence-electron chi connectivity index (χ0n) is 12.7. The summed E-state index contributed by atoms with van der Waals surface area (Å²) in [5.74, 6) is 2.53. The smallest absolute Gasteiger partial charge is 0.229 e. The van der Waals surface area contributed by atoms with E-state index in [1.165, 1.54) is 11.1 Å². The van der Waals surface area contributed by atoms with Crippen molar-refractivity contribution in [1.82, 2.24) is 15.1 Å². The Bertz CT molecular complexity index is 797. The van der Waals surface area contributed by atoms with Gasteiger partial charge in [-0.15, -0.1) is 0 Å². The van der Waals surface area contributed by atoms with Gasteiger partial charge in [-0.2, -0.15) is 4.98 Å². The highest BCUT2D eigenvalue weighted by atomic mass is 16.5. The minimum absolute atomic E-state index is 0.522. The molecule has 22 heavy (non-hydrogen) atoms. The maximum absolute atomic E-state index is 5.02. The third kappa shape index (κ3) is 3.22. The molecule has 6 heteroatoms. The quantitative estimate of drug-likeness (QED) is 0.760. The number of nitrogens with zero attached hydrogens (tertiary/aromatic N) is 3. The Balaban J connectivity index is 1.77. The number of aryl methyl sites for hydroxylation is 3. The van der Waals surface area contributed by atoms with E-state index in [4.69, 9.17) is 4.52 Å². The van der Waals surface area contributed by atoms with Crippen LogP contribution in [0.4, 0.5) is 23.3 Å². The molecule has 0 aliphatic carbocycles. The van der Waals surface area contributed by atoms with Gasteiger partial charge in [0, 0.05) is 18.0 Å². The zero-order valence-corrected chi connectivity index (χ0v) is 12.7. The van der Waals surface area contributed by atoms with E-state index >= 15 is 0 Å². The molecule has 2 heterocycles. The molecular formula is C16H17N5O. The Morgan fingerprint density at radius 3 is 2.50 bits per heavy atom. The second-order valence-corrected chi connectivity index (χ2v) is 5.14. The van der Waals surface area contributed by atoms with E-state index in [9.17, 15) is 0 Å². The van der Waals surface area contributed by atoms with Crippen molar-refractivity contribution < 1.29 is 4.52 Å². The van der Waals surface area contributed by atoms with Gasteiger partial charge < -0.3 is 15.2 Å². The maximum atomic E-state index is 5.02. The molecular weight excluding hydrogens is 278 g/mol. The van der Waals surface area contributed by atoms with E-state index in [0.717, 1.165) is 11.4 Å². The monoisotopic (exact) mass is 295 g/mol. The second-order valence-electron chi connectivity index (χ2n) is 5.14. The minimum Gasteiger partial charge on any atom is -0.360 e. The van der Waals surface area contributed by atoms with Crippen LogP contribution >= 0.6 is 0 Å². The van der Waals surface area contributed by atoms with Gasteiger partial charge in [-0.05, 0) is 50.1 Å². The van der Waals surface area contributed by atoms with Gasteiger partial charge in [-0.3, -0.25) is 0 Å². The maximum Gasteiger partial charge on any atom is 0.229 e. The third-order valence-electron chi connectivity index (χ3n) is 3.30. The molecule has 112 valence electrons. The normalized spacial score (nSPS) is 10.5. The SMILES string of the molecule is Cc1cc(Nc2ccnc(Nc3ccc(C)c(C)c3)n2)no1. The van der Waals surface area contributed by atoms with Gasteiger partial charge in [0.15, 0.2) is 5.82 Å². The van der Waals surface area contributed by atoms with Crippen molar-refractivity contribution in [2.75, 3.05) is 10.6 Å². The number of hydrogen-bond acceptors (Lipinski definition) is 6. The number of rotatable bonds is 4. The molecule has 3 rings (SSSR count). The molecule has 6 nitrogen and oxygen atoms in total. The molecule has 0 bridgehead atoms. The number of anilines is 4. The predicted molar refractivity (Wildman–Crippen MR) is 85.8 cm³/mol. The van der Waals surface area contributed by atoms with Crippen molar-refractivity contribution in [2.24, 2.45) is 0 Å². The van der Waals surface area contributed by atoms with Crippen molar-refractivity contribution >= 4 is 23.3 Å². The molecule has 2 N–H and O–H groups in total. The van der Waals surface area contributed by atoms with E-state index in [0.29, 0.717) is 17.6 Å². The van der Waals surface area contributed by atoms with Crippen LogP contribution in [0.3, 0.4) is 0 Å². The Morgan fingerprint density at radius 2 is 1.77 bits per heavy atom. The summed E-state index contributed by atoms with van der Waals surface area (Å²) in [6.07, 6.45) is 1.69. The highest BCUT2D eigenvalue weighted by Crippen LogP contribution is 2.19. The lowest BCUT2D eigenvalue weighted by atomic mass is 10.1. The van der Waals surface area contributed by atoms with Gasteiger partial charge in [0.2, 0.25) is 5.95 Å². The molecule has 0 spiro atoms. The first-order chi connectivity index (χ1) is 10.6. The Labute approximate surface area is 128 Å². The van der Waals surface area contributed by atoms with Gasteiger partial charge in [-0.25, -0.2) is 4.98 Å². The summed E-state index contributed by atoms with van der Waals surface area (Å²) in [5, 5.41) is 10.2.